The Morgan fingerprint density at radius 2 is 1.79 bits per heavy atom. The summed E-state index contributed by atoms with van der Waals surface area (Å²) in [6.07, 6.45) is -0.442. The fraction of sp³-hybridized carbons (Fsp3) is 0.227. The van der Waals surface area contributed by atoms with E-state index in [4.69, 9.17) is 9.26 Å². The third kappa shape index (κ3) is 4.11. The maximum absolute atomic E-state index is 12.6. The number of nitrogens with zero attached hydrogens (tertiary/aromatic N) is 1. The Labute approximate surface area is 163 Å². The number of aryl methyl sites for hydroxylation is 2. The number of ether oxygens (including phenoxy) is 1. The molecule has 144 valence electrons. The topological polar surface area (TPSA) is 81.4 Å². The van der Waals surface area contributed by atoms with Crippen LogP contribution in [-0.4, -0.2) is 23.1 Å². The summed E-state index contributed by atoms with van der Waals surface area (Å²) in [5.41, 5.74) is 3.32. The molecule has 1 aromatic heterocycles. The van der Waals surface area contributed by atoms with Gasteiger partial charge in [-0.3, -0.25) is 4.79 Å². The van der Waals surface area contributed by atoms with Crippen LogP contribution in [0.1, 0.15) is 35.7 Å². The van der Waals surface area contributed by atoms with Gasteiger partial charge in [0.1, 0.15) is 11.3 Å². The van der Waals surface area contributed by atoms with Crippen molar-refractivity contribution in [1.29, 1.82) is 0 Å². The standard InChI is InChI=1S/C22H22N2O4/c1-4-18-20(14(2)28-24-18)22(26)27-15(3)21(25)23-19-13-9-8-12-17(19)16-10-6-5-7-11-16/h5-13,15H,4H2,1-3H3,(H,23,25)/t15-/m1/s1. The number of amides is 1. The highest BCUT2D eigenvalue weighted by molar-refractivity contribution is 6.00. The van der Waals surface area contributed by atoms with Gasteiger partial charge in [-0.25, -0.2) is 4.79 Å². The molecule has 28 heavy (non-hydrogen) atoms. The van der Waals surface area contributed by atoms with Crippen LogP contribution in [0.25, 0.3) is 11.1 Å². The van der Waals surface area contributed by atoms with Gasteiger partial charge in [-0.05, 0) is 31.9 Å². The second kappa shape index (κ2) is 8.52. The number of para-hydroxylation sites is 1. The number of anilines is 1. The molecule has 0 spiro atoms. The van der Waals surface area contributed by atoms with Crippen molar-refractivity contribution >= 4 is 17.6 Å². The predicted molar refractivity (Wildman–Crippen MR) is 106 cm³/mol. The molecule has 6 heteroatoms. The smallest absolute Gasteiger partial charge is 0.344 e. The molecule has 3 aromatic rings. The first-order valence-electron chi connectivity index (χ1n) is 9.12. The Kier molecular flexibility index (Phi) is 5.89. The molecule has 0 saturated carbocycles. The minimum absolute atomic E-state index is 0.284. The number of aromatic nitrogens is 1. The van der Waals surface area contributed by atoms with E-state index >= 15 is 0 Å². The Bertz CT molecular complexity index is 979. The average molecular weight is 378 g/mol. The fourth-order valence-corrected chi connectivity index (χ4v) is 2.89. The molecule has 0 radical (unpaired) electrons. The van der Waals surface area contributed by atoms with Gasteiger partial charge < -0.3 is 14.6 Å². The number of nitrogens with one attached hydrogen (secondary N) is 1. The van der Waals surface area contributed by atoms with Gasteiger partial charge in [0.25, 0.3) is 5.91 Å². The minimum atomic E-state index is -0.977. The van der Waals surface area contributed by atoms with Crippen molar-refractivity contribution in [2.45, 2.75) is 33.3 Å². The summed E-state index contributed by atoms with van der Waals surface area (Å²) in [7, 11) is 0. The van der Waals surface area contributed by atoms with Gasteiger partial charge in [0.05, 0.1) is 5.69 Å². The summed E-state index contributed by atoms with van der Waals surface area (Å²) >= 11 is 0. The van der Waals surface area contributed by atoms with Gasteiger partial charge >= 0.3 is 5.97 Å². The summed E-state index contributed by atoms with van der Waals surface area (Å²) in [4.78, 5) is 25.1. The number of benzene rings is 2. The first-order chi connectivity index (χ1) is 13.5. The Morgan fingerprint density at radius 1 is 1.11 bits per heavy atom. The third-order valence-corrected chi connectivity index (χ3v) is 4.40. The van der Waals surface area contributed by atoms with E-state index < -0.39 is 18.0 Å². The molecular formula is C22H22N2O4. The molecule has 1 N–H and O–H groups in total. The summed E-state index contributed by atoms with van der Waals surface area (Å²) in [6, 6.07) is 17.2. The van der Waals surface area contributed by atoms with E-state index in [0.29, 0.717) is 23.6 Å². The summed E-state index contributed by atoms with van der Waals surface area (Å²) in [5, 5.41) is 6.69. The second-order valence-corrected chi connectivity index (χ2v) is 6.36. The Hall–Kier alpha value is -3.41. The molecule has 6 nitrogen and oxygen atoms in total. The number of hydrogen-bond donors (Lipinski definition) is 1. The summed E-state index contributed by atoms with van der Waals surface area (Å²) in [6.45, 7) is 5.04. The molecule has 1 atom stereocenters. The van der Waals surface area contributed by atoms with Crippen molar-refractivity contribution in [2.24, 2.45) is 0 Å². The monoisotopic (exact) mass is 378 g/mol. The van der Waals surface area contributed by atoms with E-state index in [1.165, 1.54) is 6.92 Å². The van der Waals surface area contributed by atoms with Crippen LogP contribution in [0.2, 0.25) is 0 Å². The van der Waals surface area contributed by atoms with Crippen LogP contribution in [0.3, 0.4) is 0 Å². The van der Waals surface area contributed by atoms with Crippen LogP contribution < -0.4 is 5.32 Å². The maximum atomic E-state index is 12.6. The van der Waals surface area contributed by atoms with E-state index in [9.17, 15) is 9.59 Å². The zero-order valence-electron chi connectivity index (χ0n) is 16.1. The van der Waals surface area contributed by atoms with Crippen molar-refractivity contribution in [1.82, 2.24) is 5.16 Å². The van der Waals surface area contributed by atoms with E-state index in [2.05, 4.69) is 10.5 Å². The lowest BCUT2D eigenvalue weighted by Crippen LogP contribution is -2.30. The zero-order chi connectivity index (χ0) is 20.1. The lowest BCUT2D eigenvalue weighted by atomic mass is 10.0. The quantitative estimate of drug-likeness (QED) is 0.643. The SMILES string of the molecule is CCc1noc(C)c1C(=O)O[C@H](C)C(=O)Nc1ccccc1-c1ccccc1. The first kappa shape index (κ1) is 19.4. The highest BCUT2D eigenvalue weighted by Crippen LogP contribution is 2.27. The fourth-order valence-electron chi connectivity index (χ4n) is 2.89. The van der Waals surface area contributed by atoms with Crippen molar-refractivity contribution in [2.75, 3.05) is 5.32 Å². The minimum Gasteiger partial charge on any atom is -0.449 e. The highest BCUT2D eigenvalue weighted by atomic mass is 16.5. The van der Waals surface area contributed by atoms with Crippen LogP contribution >= 0.6 is 0 Å². The molecule has 1 amide bonds. The van der Waals surface area contributed by atoms with Crippen LogP contribution in [0, 0.1) is 6.92 Å². The van der Waals surface area contributed by atoms with Gasteiger partial charge in [-0.2, -0.15) is 0 Å². The van der Waals surface area contributed by atoms with Gasteiger partial charge in [-0.1, -0.05) is 60.6 Å². The van der Waals surface area contributed by atoms with Gasteiger partial charge in [-0.15, -0.1) is 0 Å². The van der Waals surface area contributed by atoms with Crippen LogP contribution in [0.4, 0.5) is 5.69 Å². The summed E-state index contributed by atoms with van der Waals surface area (Å²) in [5.74, 6) is -0.651. The van der Waals surface area contributed by atoms with E-state index in [0.717, 1.165) is 11.1 Å². The number of rotatable bonds is 6. The third-order valence-electron chi connectivity index (χ3n) is 4.40. The van der Waals surface area contributed by atoms with Crippen molar-refractivity contribution in [3.63, 3.8) is 0 Å². The maximum Gasteiger partial charge on any atom is 0.344 e. The molecule has 0 saturated heterocycles. The van der Waals surface area contributed by atoms with E-state index in [1.54, 1.807) is 6.92 Å². The Morgan fingerprint density at radius 3 is 2.50 bits per heavy atom. The lowest BCUT2D eigenvalue weighted by molar-refractivity contribution is -0.123. The first-order valence-corrected chi connectivity index (χ1v) is 9.12. The molecule has 0 unspecified atom stereocenters. The molecule has 2 aromatic carbocycles. The van der Waals surface area contributed by atoms with Crippen LogP contribution in [-0.2, 0) is 16.0 Å². The predicted octanol–water partition coefficient (Wildman–Crippen LogP) is 4.40. The van der Waals surface area contributed by atoms with Crippen molar-refractivity contribution < 1.29 is 18.8 Å². The molecule has 0 fully saturated rings. The molecule has 0 aliphatic heterocycles. The molecular weight excluding hydrogens is 356 g/mol. The Balaban J connectivity index is 1.73. The highest BCUT2D eigenvalue weighted by Gasteiger charge is 2.25. The van der Waals surface area contributed by atoms with Crippen LogP contribution in [0.15, 0.2) is 59.1 Å². The van der Waals surface area contributed by atoms with Crippen LogP contribution in [0.5, 0.6) is 0 Å². The second-order valence-electron chi connectivity index (χ2n) is 6.36. The number of carbonyl (C=O) groups is 2. The van der Waals surface area contributed by atoms with E-state index in [1.807, 2.05) is 61.5 Å². The van der Waals surface area contributed by atoms with Gasteiger partial charge in [0, 0.05) is 11.3 Å². The van der Waals surface area contributed by atoms with Gasteiger partial charge in [0.15, 0.2) is 6.10 Å². The molecule has 0 aliphatic carbocycles. The number of carbonyl (C=O) groups excluding carboxylic acids is 2. The zero-order valence-corrected chi connectivity index (χ0v) is 16.1. The summed E-state index contributed by atoms with van der Waals surface area (Å²) < 4.78 is 10.4. The number of hydrogen-bond acceptors (Lipinski definition) is 5. The number of esters is 1. The van der Waals surface area contributed by atoms with Crippen molar-refractivity contribution in [3.05, 3.63) is 71.6 Å². The largest absolute Gasteiger partial charge is 0.449 e. The normalized spacial score (nSPS) is 11.7. The van der Waals surface area contributed by atoms with E-state index in [-0.39, 0.29) is 5.56 Å². The molecule has 0 bridgehead atoms. The molecule has 1 heterocycles. The lowest BCUT2D eigenvalue weighted by Gasteiger charge is -2.16. The molecule has 3 rings (SSSR count). The average Bonchev–Trinajstić information content (AvgIpc) is 3.09. The van der Waals surface area contributed by atoms with Gasteiger partial charge in [0.2, 0.25) is 0 Å². The molecule has 0 aliphatic rings. The van der Waals surface area contributed by atoms with Crippen molar-refractivity contribution in [3.8, 4) is 11.1 Å².